The predicted molar refractivity (Wildman–Crippen MR) is 37.6 cm³/mol. The van der Waals surface area contributed by atoms with Crippen LogP contribution in [0.3, 0.4) is 0 Å². The summed E-state index contributed by atoms with van der Waals surface area (Å²) in [4.78, 5) is 0.637. The minimum absolute atomic E-state index is 0.637. The lowest BCUT2D eigenvalue weighted by molar-refractivity contribution is 0.807. The first kappa shape index (κ1) is 7.48. The molecule has 0 N–H and O–H groups in total. The second kappa shape index (κ2) is 4.63. The van der Waals surface area contributed by atoms with Gasteiger partial charge in [0.1, 0.15) is 0 Å². The van der Waals surface area contributed by atoms with Gasteiger partial charge in [0.15, 0.2) is 0 Å². The second-order valence-corrected chi connectivity index (χ2v) is 2.81. The summed E-state index contributed by atoms with van der Waals surface area (Å²) in [7, 11) is 0. The van der Waals surface area contributed by atoms with Crippen LogP contribution in [0.15, 0.2) is 0 Å². The lowest BCUT2D eigenvalue weighted by atomic mass is 10.2. The molecular formula is C6H12Br. The number of hydrogen-bond donors (Lipinski definition) is 0. The van der Waals surface area contributed by atoms with Gasteiger partial charge in [-0.3, -0.25) is 0 Å². The summed E-state index contributed by atoms with van der Waals surface area (Å²) in [6, 6.07) is 0. The summed E-state index contributed by atoms with van der Waals surface area (Å²) in [6.07, 6.45) is 4.69. The average Bonchev–Trinajstić information content (AvgIpc) is 1.68. The Labute approximate surface area is 54.4 Å². The Morgan fingerprint density at radius 1 is 1.71 bits per heavy atom. The first-order valence-corrected chi connectivity index (χ1v) is 3.66. The molecule has 1 heteroatoms. The molecule has 0 aliphatic heterocycles. The zero-order chi connectivity index (χ0) is 5.70. The third kappa shape index (κ3) is 4.33. The van der Waals surface area contributed by atoms with Gasteiger partial charge in [-0.1, -0.05) is 36.2 Å². The highest BCUT2D eigenvalue weighted by molar-refractivity contribution is 9.09. The molecule has 7 heavy (non-hydrogen) atoms. The van der Waals surface area contributed by atoms with Crippen LogP contribution in [0.25, 0.3) is 0 Å². The molecule has 0 saturated heterocycles. The van der Waals surface area contributed by atoms with Crippen molar-refractivity contribution in [3.8, 4) is 0 Å². The Hall–Kier alpha value is 0.480. The number of rotatable bonds is 3. The van der Waals surface area contributed by atoms with Gasteiger partial charge in [-0.05, 0) is 12.8 Å². The van der Waals surface area contributed by atoms with E-state index in [0.717, 1.165) is 0 Å². The maximum atomic E-state index is 3.48. The minimum Gasteiger partial charge on any atom is -0.0888 e. The molecule has 0 aliphatic rings. The molecule has 0 aromatic carbocycles. The van der Waals surface area contributed by atoms with E-state index in [4.69, 9.17) is 0 Å². The summed E-state index contributed by atoms with van der Waals surface area (Å²) >= 11 is 3.48. The van der Waals surface area contributed by atoms with Crippen LogP contribution in [0.1, 0.15) is 26.7 Å². The number of alkyl halides is 1. The van der Waals surface area contributed by atoms with Crippen molar-refractivity contribution in [3.63, 3.8) is 0 Å². The fourth-order valence-corrected chi connectivity index (χ4v) is 0.900. The topological polar surface area (TPSA) is 0 Å². The van der Waals surface area contributed by atoms with Crippen molar-refractivity contribution in [2.24, 2.45) is 0 Å². The summed E-state index contributed by atoms with van der Waals surface area (Å²) in [5.41, 5.74) is 0. The largest absolute Gasteiger partial charge is 0.0888 e. The van der Waals surface area contributed by atoms with E-state index in [1.807, 2.05) is 0 Å². The predicted octanol–water partition coefficient (Wildman–Crippen LogP) is 2.77. The van der Waals surface area contributed by atoms with Crippen molar-refractivity contribution in [1.82, 2.24) is 0 Å². The molecule has 0 amide bonds. The van der Waals surface area contributed by atoms with E-state index < -0.39 is 0 Å². The van der Waals surface area contributed by atoms with Gasteiger partial charge in [0, 0.05) is 4.83 Å². The Balaban J connectivity index is 2.83. The van der Waals surface area contributed by atoms with Gasteiger partial charge < -0.3 is 0 Å². The molecule has 0 aromatic heterocycles. The van der Waals surface area contributed by atoms with Crippen molar-refractivity contribution >= 4 is 15.9 Å². The van der Waals surface area contributed by atoms with Crippen LogP contribution in [0.4, 0.5) is 0 Å². The molecule has 0 nitrogen and oxygen atoms in total. The van der Waals surface area contributed by atoms with E-state index >= 15 is 0 Å². The fraction of sp³-hybridized carbons (Fsp3) is 0.833. The van der Waals surface area contributed by atoms with Crippen molar-refractivity contribution in [1.29, 1.82) is 0 Å². The third-order valence-corrected chi connectivity index (χ3v) is 1.91. The number of halogens is 1. The molecule has 0 heterocycles. The molecular weight excluding hydrogens is 152 g/mol. The summed E-state index contributed by atoms with van der Waals surface area (Å²) in [5.74, 6) is 0. The van der Waals surface area contributed by atoms with Gasteiger partial charge in [0.2, 0.25) is 0 Å². The van der Waals surface area contributed by atoms with Gasteiger partial charge in [-0.2, -0.15) is 0 Å². The molecule has 43 valence electrons. The molecule has 1 unspecified atom stereocenters. The van der Waals surface area contributed by atoms with Gasteiger partial charge >= 0.3 is 0 Å². The van der Waals surface area contributed by atoms with Crippen LogP contribution in [0.5, 0.6) is 0 Å². The highest BCUT2D eigenvalue weighted by Crippen LogP contribution is 2.09. The van der Waals surface area contributed by atoms with Crippen LogP contribution >= 0.6 is 15.9 Å². The molecule has 0 aromatic rings. The maximum absolute atomic E-state index is 3.48. The maximum Gasteiger partial charge on any atom is 0.0174 e. The van der Waals surface area contributed by atoms with E-state index in [1.54, 1.807) is 0 Å². The van der Waals surface area contributed by atoms with Crippen molar-refractivity contribution in [2.45, 2.75) is 31.5 Å². The normalized spacial score (nSPS) is 14.1. The van der Waals surface area contributed by atoms with E-state index in [1.165, 1.54) is 12.8 Å². The molecule has 0 saturated carbocycles. The standard InChI is InChI=1S/C6H12Br/c1-3-5-6(7)4-2/h4,6H,3,5H2,1-2H3. The molecule has 1 atom stereocenters. The monoisotopic (exact) mass is 163 g/mol. The molecule has 1 radical (unpaired) electrons. The summed E-state index contributed by atoms with van der Waals surface area (Å²) in [5, 5.41) is 0. The molecule has 0 spiro atoms. The summed E-state index contributed by atoms with van der Waals surface area (Å²) in [6.45, 7) is 4.27. The van der Waals surface area contributed by atoms with Crippen LogP contribution in [-0.4, -0.2) is 4.83 Å². The highest BCUT2D eigenvalue weighted by atomic mass is 79.9. The Morgan fingerprint density at radius 2 is 2.29 bits per heavy atom. The van der Waals surface area contributed by atoms with Crippen molar-refractivity contribution < 1.29 is 0 Å². The SMILES string of the molecule is C[CH]C(Br)CCC. The molecule has 0 aliphatic carbocycles. The smallest absolute Gasteiger partial charge is 0.0174 e. The second-order valence-electron chi connectivity index (χ2n) is 1.64. The lowest BCUT2D eigenvalue weighted by Gasteiger charge is -1.99. The first-order chi connectivity index (χ1) is 3.31. The average molecular weight is 164 g/mol. The van der Waals surface area contributed by atoms with E-state index in [9.17, 15) is 0 Å². The van der Waals surface area contributed by atoms with Crippen LogP contribution < -0.4 is 0 Å². The van der Waals surface area contributed by atoms with Gasteiger partial charge in [-0.25, -0.2) is 0 Å². The van der Waals surface area contributed by atoms with Gasteiger partial charge in [0.25, 0.3) is 0 Å². The van der Waals surface area contributed by atoms with Crippen LogP contribution in [0.2, 0.25) is 0 Å². The molecule has 0 bridgehead atoms. The van der Waals surface area contributed by atoms with Crippen molar-refractivity contribution in [3.05, 3.63) is 6.42 Å². The number of hydrogen-bond acceptors (Lipinski definition) is 0. The third-order valence-electron chi connectivity index (χ3n) is 0.926. The van der Waals surface area contributed by atoms with Gasteiger partial charge in [-0.15, -0.1) is 0 Å². The van der Waals surface area contributed by atoms with Crippen molar-refractivity contribution in [2.75, 3.05) is 0 Å². The van der Waals surface area contributed by atoms with Gasteiger partial charge in [0.05, 0.1) is 0 Å². The van der Waals surface area contributed by atoms with E-state index in [-0.39, 0.29) is 0 Å². The Kier molecular flexibility index (Phi) is 4.95. The first-order valence-electron chi connectivity index (χ1n) is 2.74. The molecule has 0 fully saturated rings. The lowest BCUT2D eigenvalue weighted by Crippen LogP contribution is -1.92. The highest BCUT2D eigenvalue weighted by Gasteiger charge is 1.95. The van der Waals surface area contributed by atoms with E-state index in [0.29, 0.717) is 4.83 Å². The van der Waals surface area contributed by atoms with Crippen LogP contribution in [0, 0.1) is 6.42 Å². The quantitative estimate of drug-likeness (QED) is 0.562. The zero-order valence-corrected chi connectivity index (χ0v) is 6.53. The van der Waals surface area contributed by atoms with E-state index in [2.05, 4.69) is 36.2 Å². The Bertz CT molecular complexity index is 35.2. The minimum atomic E-state index is 0.637. The Morgan fingerprint density at radius 3 is 2.43 bits per heavy atom. The summed E-state index contributed by atoms with van der Waals surface area (Å²) < 4.78 is 0. The zero-order valence-electron chi connectivity index (χ0n) is 4.95. The molecule has 0 rings (SSSR count). The van der Waals surface area contributed by atoms with Crippen LogP contribution in [-0.2, 0) is 0 Å². The fourth-order valence-electron chi connectivity index (χ4n) is 0.442.